The molecule has 1 rings (SSSR count). The van der Waals surface area contributed by atoms with Gasteiger partial charge in [-0.2, -0.15) is 0 Å². The van der Waals surface area contributed by atoms with E-state index in [0.29, 0.717) is 12.4 Å². The fraction of sp³-hybridized carbons (Fsp3) is 0.286. The van der Waals surface area contributed by atoms with Crippen LogP contribution in [0.1, 0.15) is 12.2 Å². The first kappa shape index (κ1) is 10.0. The quantitative estimate of drug-likeness (QED) is 0.218. The van der Waals surface area contributed by atoms with E-state index in [9.17, 15) is 4.79 Å². The summed E-state index contributed by atoms with van der Waals surface area (Å²) in [5, 5.41) is 13.4. The molecule has 1 heterocycles. The van der Waals surface area contributed by atoms with Crippen molar-refractivity contribution in [3.8, 4) is 0 Å². The Kier molecular flexibility index (Phi) is 3.48. The van der Waals surface area contributed by atoms with Gasteiger partial charge in [-0.05, 0) is 0 Å². The van der Waals surface area contributed by atoms with Gasteiger partial charge in [0.05, 0.1) is 13.0 Å². The van der Waals surface area contributed by atoms with Gasteiger partial charge in [0, 0.05) is 12.4 Å². The molecule has 0 aliphatic carbocycles. The maximum Gasteiger partial charge on any atom is 0.228 e. The number of hydrogen-bond acceptors (Lipinski definition) is 4. The summed E-state index contributed by atoms with van der Waals surface area (Å²) in [6, 6.07) is 0. The minimum absolute atomic E-state index is 0.123. The van der Waals surface area contributed by atoms with E-state index in [0.717, 1.165) is 0 Å². The Morgan fingerprint density at radius 1 is 1.79 bits per heavy atom. The minimum atomic E-state index is -0.322. The van der Waals surface area contributed by atoms with Crippen LogP contribution < -0.4 is 11.1 Å². The van der Waals surface area contributed by atoms with E-state index in [2.05, 4.69) is 20.4 Å². The summed E-state index contributed by atoms with van der Waals surface area (Å²) in [5.74, 6) is 0.205. The van der Waals surface area contributed by atoms with Crippen LogP contribution in [0.15, 0.2) is 17.5 Å². The van der Waals surface area contributed by atoms with Crippen LogP contribution in [-0.4, -0.2) is 26.9 Å². The summed E-state index contributed by atoms with van der Waals surface area (Å²) in [4.78, 5) is 17.8. The Balaban J connectivity index is 2.29. The van der Waals surface area contributed by atoms with E-state index >= 15 is 0 Å². The van der Waals surface area contributed by atoms with Crippen LogP contribution in [0.4, 0.5) is 0 Å². The van der Waals surface area contributed by atoms with Crippen LogP contribution in [-0.2, 0) is 11.3 Å². The number of rotatable bonds is 4. The van der Waals surface area contributed by atoms with E-state index < -0.39 is 0 Å². The first-order valence-corrected chi connectivity index (χ1v) is 3.93. The molecule has 0 aliphatic rings. The lowest BCUT2D eigenvalue weighted by atomic mass is 10.4. The third-order valence-electron chi connectivity index (χ3n) is 1.48. The van der Waals surface area contributed by atoms with E-state index in [1.807, 2.05) is 0 Å². The van der Waals surface area contributed by atoms with Gasteiger partial charge >= 0.3 is 0 Å². The summed E-state index contributed by atoms with van der Waals surface area (Å²) in [6.45, 7) is 0.296. The maximum absolute atomic E-state index is 11.1. The number of amides is 1. The highest BCUT2D eigenvalue weighted by Crippen LogP contribution is 1.88. The summed E-state index contributed by atoms with van der Waals surface area (Å²) in [7, 11) is 0. The molecule has 0 aromatic carbocycles. The monoisotopic (exact) mass is 197 g/mol. The molecule has 14 heavy (non-hydrogen) atoms. The largest absolute Gasteiger partial charge is 0.409 e. The lowest BCUT2D eigenvalue weighted by Crippen LogP contribution is -2.28. The van der Waals surface area contributed by atoms with Crippen molar-refractivity contribution in [1.29, 1.82) is 0 Å². The molecule has 0 saturated heterocycles. The number of nitrogens with one attached hydrogen (secondary N) is 2. The summed E-state index contributed by atoms with van der Waals surface area (Å²) < 4.78 is 0. The number of imidazole rings is 1. The van der Waals surface area contributed by atoms with Gasteiger partial charge in [0.1, 0.15) is 11.7 Å². The van der Waals surface area contributed by atoms with Gasteiger partial charge in [0.2, 0.25) is 5.91 Å². The van der Waals surface area contributed by atoms with Gasteiger partial charge < -0.3 is 21.2 Å². The third-order valence-corrected chi connectivity index (χ3v) is 1.48. The zero-order chi connectivity index (χ0) is 10.4. The smallest absolute Gasteiger partial charge is 0.228 e. The number of amidine groups is 1. The van der Waals surface area contributed by atoms with Gasteiger partial charge in [-0.15, -0.1) is 0 Å². The SMILES string of the molecule is NC(CC(=O)NCc1ncc[nH]1)=NO. The zero-order valence-electron chi connectivity index (χ0n) is 7.40. The molecule has 5 N–H and O–H groups in total. The predicted octanol–water partition coefficient (Wildman–Crippen LogP) is -0.838. The predicted molar refractivity (Wildman–Crippen MR) is 48.5 cm³/mol. The van der Waals surface area contributed by atoms with Crippen molar-refractivity contribution in [3.05, 3.63) is 18.2 Å². The van der Waals surface area contributed by atoms with Gasteiger partial charge in [-0.25, -0.2) is 4.98 Å². The lowest BCUT2D eigenvalue weighted by molar-refractivity contribution is -0.120. The van der Waals surface area contributed by atoms with E-state index in [1.54, 1.807) is 12.4 Å². The second-order valence-electron chi connectivity index (χ2n) is 2.58. The number of aromatic nitrogens is 2. The first-order valence-electron chi connectivity index (χ1n) is 3.93. The Morgan fingerprint density at radius 2 is 2.57 bits per heavy atom. The Labute approximate surface area is 80.0 Å². The molecule has 0 saturated carbocycles. The Hall–Kier alpha value is -2.05. The molecule has 0 radical (unpaired) electrons. The van der Waals surface area contributed by atoms with Crippen molar-refractivity contribution >= 4 is 11.7 Å². The lowest BCUT2D eigenvalue weighted by Gasteiger charge is -2.01. The van der Waals surface area contributed by atoms with Crippen molar-refractivity contribution < 1.29 is 10.0 Å². The normalized spacial score (nSPS) is 11.3. The number of hydrogen-bond donors (Lipinski definition) is 4. The van der Waals surface area contributed by atoms with Crippen LogP contribution in [0.25, 0.3) is 0 Å². The Bertz CT molecular complexity index is 319. The minimum Gasteiger partial charge on any atom is -0.409 e. The highest BCUT2D eigenvalue weighted by Gasteiger charge is 2.04. The van der Waals surface area contributed by atoms with Crippen molar-refractivity contribution in [1.82, 2.24) is 15.3 Å². The van der Waals surface area contributed by atoms with Crippen molar-refractivity contribution in [2.75, 3.05) is 0 Å². The number of H-pyrrole nitrogens is 1. The van der Waals surface area contributed by atoms with Crippen LogP contribution >= 0.6 is 0 Å². The number of nitrogens with two attached hydrogens (primary N) is 1. The molecule has 0 aliphatic heterocycles. The number of aromatic amines is 1. The van der Waals surface area contributed by atoms with Crippen LogP contribution in [0.5, 0.6) is 0 Å². The summed E-state index contributed by atoms with van der Waals surface area (Å²) in [5.41, 5.74) is 5.14. The molecule has 0 spiro atoms. The van der Waals surface area contributed by atoms with E-state index in [4.69, 9.17) is 10.9 Å². The highest BCUT2D eigenvalue weighted by atomic mass is 16.4. The van der Waals surface area contributed by atoms with Crippen LogP contribution in [0.2, 0.25) is 0 Å². The first-order chi connectivity index (χ1) is 6.72. The zero-order valence-corrected chi connectivity index (χ0v) is 7.40. The van der Waals surface area contributed by atoms with Gasteiger partial charge in [-0.3, -0.25) is 4.79 Å². The molecule has 0 fully saturated rings. The number of oxime groups is 1. The Morgan fingerprint density at radius 3 is 3.14 bits per heavy atom. The molecule has 1 amide bonds. The van der Waals surface area contributed by atoms with Crippen molar-refractivity contribution in [3.63, 3.8) is 0 Å². The molecule has 7 heteroatoms. The number of carbonyl (C=O) groups excluding carboxylic acids is 1. The molecular weight excluding hydrogens is 186 g/mol. The number of carbonyl (C=O) groups is 1. The second kappa shape index (κ2) is 4.85. The van der Waals surface area contributed by atoms with Gasteiger partial charge in [-0.1, -0.05) is 5.16 Å². The average Bonchev–Trinajstić information content (AvgIpc) is 2.67. The second-order valence-corrected chi connectivity index (χ2v) is 2.58. The van der Waals surface area contributed by atoms with Crippen LogP contribution in [0, 0.1) is 0 Å². The molecule has 1 aromatic rings. The van der Waals surface area contributed by atoms with Gasteiger partial charge in [0.15, 0.2) is 0 Å². The summed E-state index contributed by atoms with van der Waals surface area (Å²) >= 11 is 0. The van der Waals surface area contributed by atoms with Crippen molar-refractivity contribution in [2.24, 2.45) is 10.9 Å². The van der Waals surface area contributed by atoms with Crippen molar-refractivity contribution in [2.45, 2.75) is 13.0 Å². The van der Waals surface area contributed by atoms with Crippen LogP contribution in [0.3, 0.4) is 0 Å². The summed E-state index contributed by atoms with van der Waals surface area (Å²) in [6.07, 6.45) is 3.12. The molecule has 76 valence electrons. The fourth-order valence-electron chi connectivity index (χ4n) is 0.839. The topological polar surface area (TPSA) is 116 Å². The third kappa shape index (κ3) is 3.13. The molecular formula is C7H11N5O2. The molecule has 0 unspecified atom stereocenters. The molecule has 1 aromatic heterocycles. The van der Waals surface area contributed by atoms with E-state index in [1.165, 1.54) is 0 Å². The fourth-order valence-corrected chi connectivity index (χ4v) is 0.839. The maximum atomic E-state index is 11.1. The number of nitrogens with zero attached hydrogens (tertiary/aromatic N) is 2. The highest BCUT2D eigenvalue weighted by molar-refractivity contribution is 5.98. The average molecular weight is 197 g/mol. The molecule has 0 bridgehead atoms. The van der Waals surface area contributed by atoms with E-state index in [-0.39, 0.29) is 18.2 Å². The van der Waals surface area contributed by atoms with Gasteiger partial charge in [0.25, 0.3) is 0 Å². The standard InChI is InChI=1S/C7H11N5O2/c8-5(12-14)3-7(13)11-4-6-9-1-2-10-6/h1-2,14H,3-4H2,(H2,8,12)(H,9,10)(H,11,13). The molecule has 7 nitrogen and oxygen atoms in total. The molecule has 0 atom stereocenters.